The highest BCUT2D eigenvalue weighted by Crippen LogP contribution is 2.10. The van der Waals surface area contributed by atoms with E-state index >= 15 is 0 Å². The van der Waals surface area contributed by atoms with Gasteiger partial charge in [0.05, 0.1) is 7.11 Å². The number of rotatable bonds is 1. The average Bonchev–Trinajstić information content (AvgIpc) is 2.32. The molecule has 1 N–H and O–H groups in total. The molecule has 0 atom stereocenters. The summed E-state index contributed by atoms with van der Waals surface area (Å²) >= 11 is 0. The normalized spacial score (nSPS) is 7.81. The number of benzene rings is 1. The molecule has 0 unspecified atom stereocenters. The van der Waals surface area contributed by atoms with Gasteiger partial charge in [0.15, 0.2) is 0 Å². The van der Waals surface area contributed by atoms with E-state index in [1.165, 1.54) is 19.6 Å². The third kappa shape index (κ3) is 10.6. The van der Waals surface area contributed by atoms with Crippen molar-refractivity contribution in [1.29, 1.82) is 0 Å². The molecule has 0 aliphatic carbocycles. The second kappa shape index (κ2) is 11.6. The molecule has 0 fully saturated rings. The van der Waals surface area contributed by atoms with Gasteiger partial charge in [-0.3, -0.25) is 4.79 Å². The highest BCUT2D eigenvalue weighted by molar-refractivity contribution is 5.65. The van der Waals surface area contributed by atoms with Crippen LogP contribution in [-0.4, -0.2) is 18.2 Å². The first-order valence-electron chi connectivity index (χ1n) is 5.42. The summed E-state index contributed by atoms with van der Waals surface area (Å²) in [7, 11) is 1.35. The molecule has 1 aromatic carbocycles. The largest absolute Gasteiger partial charge is 0.508 e. The van der Waals surface area contributed by atoms with Gasteiger partial charge < -0.3 is 9.84 Å². The molecule has 1 rings (SSSR count). The van der Waals surface area contributed by atoms with Crippen molar-refractivity contribution in [3.63, 3.8) is 0 Å². The maximum Gasteiger partial charge on any atom is 0.302 e. The molecular formula is C13H22O3. The second-order valence-corrected chi connectivity index (χ2v) is 2.72. The third-order valence-corrected chi connectivity index (χ3v) is 1.61. The van der Waals surface area contributed by atoms with E-state index in [1.807, 2.05) is 26.0 Å². The lowest BCUT2D eigenvalue weighted by Gasteiger charge is -1.94. The van der Waals surface area contributed by atoms with Gasteiger partial charge >= 0.3 is 5.97 Å². The van der Waals surface area contributed by atoms with Crippen LogP contribution in [0, 0.1) is 0 Å². The Bertz CT molecular complexity index is 282. The Morgan fingerprint density at radius 3 is 2.12 bits per heavy atom. The number of ether oxygens (including phenoxy) is 1. The maximum absolute atomic E-state index is 9.59. The molecule has 92 valence electrons. The van der Waals surface area contributed by atoms with Crippen LogP contribution in [0.3, 0.4) is 0 Å². The van der Waals surface area contributed by atoms with Crippen LogP contribution in [0.4, 0.5) is 0 Å². The van der Waals surface area contributed by atoms with Gasteiger partial charge in [-0.05, 0) is 24.1 Å². The number of carbonyl (C=O) groups excluding carboxylic acids is 1. The van der Waals surface area contributed by atoms with E-state index in [0.29, 0.717) is 5.75 Å². The van der Waals surface area contributed by atoms with Gasteiger partial charge in [0.25, 0.3) is 0 Å². The summed E-state index contributed by atoms with van der Waals surface area (Å²) in [6, 6.07) is 7.31. The van der Waals surface area contributed by atoms with Gasteiger partial charge in [0, 0.05) is 6.92 Å². The van der Waals surface area contributed by atoms with E-state index in [9.17, 15) is 4.79 Å². The molecule has 0 amide bonds. The van der Waals surface area contributed by atoms with E-state index in [1.54, 1.807) is 12.1 Å². The zero-order chi connectivity index (χ0) is 13.0. The molecule has 1 aromatic rings. The zero-order valence-corrected chi connectivity index (χ0v) is 10.8. The first kappa shape index (κ1) is 16.9. The minimum Gasteiger partial charge on any atom is -0.508 e. The lowest BCUT2D eigenvalue weighted by molar-refractivity contribution is -0.137. The van der Waals surface area contributed by atoms with Crippen LogP contribution in [-0.2, 0) is 16.0 Å². The molecule has 0 aliphatic heterocycles. The van der Waals surface area contributed by atoms with Gasteiger partial charge in [-0.1, -0.05) is 32.9 Å². The lowest BCUT2D eigenvalue weighted by atomic mass is 10.2. The Morgan fingerprint density at radius 2 is 1.88 bits per heavy atom. The fraction of sp³-hybridized carbons (Fsp3) is 0.462. The summed E-state index contributed by atoms with van der Waals surface area (Å²) in [6.07, 6.45) is 0.981. The Kier molecular flexibility index (Phi) is 12.2. The smallest absolute Gasteiger partial charge is 0.302 e. The number of phenols is 1. The molecule has 0 aliphatic rings. The molecule has 0 saturated heterocycles. The minimum atomic E-state index is -0.245. The van der Waals surface area contributed by atoms with E-state index in [0.717, 1.165) is 6.42 Å². The molecule has 0 saturated carbocycles. The standard InChI is InChI=1S/C8H10O.C3H6O2.C2H6/c1-2-7-4-3-5-8(9)6-7;1-3(4)5-2;1-2/h3-6,9H,2H2,1H3;1-2H3;1-2H3. The van der Waals surface area contributed by atoms with E-state index in [2.05, 4.69) is 11.7 Å². The number of methoxy groups -OCH3 is 1. The number of hydrogen-bond donors (Lipinski definition) is 1. The summed E-state index contributed by atoms with van der Waals surface area (Å²) < 4.78 is 4.11. The van der Waals surface area contributed by atoms with Crippen molar-refractivity contribution >= 4 is 5.97 Å². The molecule has 3 heteroatoms. The summed E-state index contributed by atoms with van der Waals surface area (Å²) in [5.41, 5.74) is 1.18. The van der Waals surface area contributed by atoms with Crippen LogP contribution in [0.2, 0.25) is 0 Å². The van der Waals surface area contributed by atoms with E-state index in [4.69, 9.17) is 5.11 Å². The number of esters is 1. The molecule has 0 heterocycles. The Labute approximate surface area is 98.1 Å². The Hall–Kier alpha value is -1.51. The lowest BCUT2D eigenvalue weighted by Crippen LogP contribution is -1.88. The van der Waals surface area contributed by atoms with Crippen LogP contribution in [0.15, 0.2) is 24.3 Å². The second-order valence-electron chi connectivity index (χ2n) is 2.72. The molecule has 3 nitrogen and oxygen atoms in total. The van der Waals surface area contributed by atoms with Crippen LogP contribution >= 0.6 is 0 Å². The van der Waals surface area contributed by atoms with Crippen molar-refractivity contribution < 1.29 is 14.6 Å². The number of aromatic hydroxyl groups is 1. The number of phenolic OH excluding ortho intramolecular Hbond substituents is 1. The Balaban J connectivity index is 0. The summed E-state index contributed by atoms with van der Waals surface area (Å²) in [4.78, 5) is 9.59. The van der Waals surface area contributed by atoms with Crippen molar-refractivity contribution in [3.05, 3.63) is 29.8 Å². The number of carbonyl (C=O) groups is 1. The van der Waals surface area contributed by atoms with Crippen molar-refractivity contribution in [1.82, 2.24) is 0 Å². The summed E-state index contributed by atoms with van der Waals surface area (Å²) in [5, 5.41) is 8.94. The fourth-order valence-electron chi connectivity index (χ4n) is 0.776. The van der Waals surface area contributed by atoms with Gasteiger partial charge in [-0.25, -0.2) is 0 Å². The van der Waals surface area contributed by atoms with Crippen LogP contribution in [0.5, 0.6) is 5.75 Å². The summed E-state index contributed by atoms with van der Waals surface area (Å²) in [5.74, 6) is 0.111. The molecule has 0 bridgehead atoms. The highest BCUT2D eigenvalue weighted by atomic mass is 16.5. The van der Waals surface area contributed by atoms with Crippen LogP contribution in [0.1, 0.15) is 33.3 Å². The predicted octanol–water partition coefficient (Wildman–Crippen LogP) is 3.16. The van der Waals surface area contributed by atoms with Crippen molar-refractivity contribution in [2.24, 2.45) is 0 Å². The van der Waals surface area contributed by atoms with Crippen molar-refractivity contribution in [2.75, 3.05) is 7.11 Å². The Morgan fingerprint density at radius 1 is 1.38 bits per heavy atom. The molecule has 16 heavy (non-hydrogen) atoms. The average molecular weight is 226 g/mol. The first-order valence-corrected chi connectivity index (χ1v) is 5.42. The van der Waals surface area contributed by atoms with Gasteiger partial charge in [0.2, 0.25) is 0 Å². The first-order chi connectivity index (χ1) is 7.60. The fourth-order valence-corrected chi connectivity index (χ4v) is 0.776. The minimum absolute atomic E-state index is 0.245. The monoisotopic (exact) mass is 226 g/mol. The zero-order valence-electron chi connectivity index (χ0n) is 10.8. The maximum atomic E-state index is 9.59. The number of hydrogen-bond acceptors (Lipinski definition) is 3. The predicted molar refractivity (Wildman–Crippen MR) is 66.5 cm³/mol. The molecule has 0 aromatic heterocycles. The van der Waals surface area contributed by atoms with Gasteiger partial charge in [0.1, 0.15) is 5.75 Å². The SMILES string of the molecule is CC.CCc1cccc(O)c1.COC(C)=O. The molecule has 0 spiro atoms. The van der Waals surface area contributed by atoms with Gasteiger partial charge in [-0.2, -0.15) is 0 Å². The summed E-state index contributed by atoms with van der Waals surface area (Å²) in [6.45, 7) is 7.43. The third-order valence-electron chi connectivity index (χ3n) is 1.61. The van der Waals surface area contributed by atoms with Crippen LogP contribution in [0.25, 0.3) is 0 Å². The van der Waals surface area contributed by atoms with Crippen LogP contribution < -0.4 is 0 Å². The van der Waals surface area contributed by atoms with E-state index < -0.39 is 0 Å². The van der Waals surface area contributed by atoms with E-state index in [-0.39, 0.29) is 5.97 Å². The quantitative estimate of drug-likeness (QED) is 0.748. The molecule has 0 radical (unpaired) electrons. The van der Waals surface area contributed by atoms with Crippen molar-refractivity contribution in [2.45, 2.75) is 34.1 Å². The topological polar surface area (TPSA) is 46.5 Å². The highest BCUT2D eigenvalue weighted by Gasteiger charge is 1.87. The van der Waals surface area contributed by atoms with Crippen molar-refractivity contribution in [3.8, 4) is 5.75 Å². The number of aryl methyl sites for hydroxylation is 1. The van der Waals surface area contributed by atoms with Gasteiger partial charge in [-0.15, -0.1) is 0 Å². The molecular weight excluding hydrogens is 204 g/mol.